The summed E-state index contributed by atoms with van der Waals surface area (Å²) in [6, 6.07) is 0.482. The molecule has 1 amide bonds. The molecule has 0 aromatic carbocycles. The average molecular weight is 237 g/mol. The Bertz CT molecular complexity index is 252. The zero-order valence-corrected chi connectivity index (χ0v) is 11.3. The molecular weight excluding hydrogens is 210 g/mol. The highest BCUT2D eigenvalue weighted by Crippen LogP contribution is 2.45. The van der Waals surface area contributed by atoms with Crippen molar-refractivity contribution in [1.29, 1.82) is 0 Å². The molecule has 0 bridgehead atoms. The maximum atomic E-state index is 12.4. The van der Waals surface area contributed by atoms with E-state index in [1.165, 1.54) is 51.4 Å². The number of carbonyl (C=O) groups is 1. The minimum Gasteiger partial charge on any atom is -0.353 e. The Labute approximate surface area is 106 Å². The first kappa shape index (κ1) is 12.9. The zero-order chi connectivity index (χ0) is 12.1. The standard InChI is InChI=1S/C15H27NO/c1-2-3-10-15(11-7-12-15)14(17)16-13-8-5-4-6-9-13/h13H,2-12H2,1H3,(H,16,17). The Hall–Kier alpha value is -0.530. The summed E-state index contributed by atoms with van der Waals surface area (Å²) in [5, 5.41) is 3.33. The van der Waals surface area contributed by atoms with Gasteiger partial charge < -0.3 is 5.32 Å². The molecule has 0 radical (unpaired) electrons. The van der Waals surface area contributed by atoms with Gasteiger partial charge in [-0.25, -0.2) is 0 Å². The van der Waals surface area contributed by atoms with Crippen molar-refractivity contribution in [3.05, 3.63) is 0 Å². The topological polar surface area (TPSA) is 29.1 Å². The van der Waals surface area contributed by atoms with Crippen LogP contribution in [0.5, 0.6) is 0 Å². The predicted octanol–water partition coefficient (Wildman–Crippen LogP) is 3.80. The number of rotatable bonds is 5. The highest BCUT2D eigenvalue weighted by Gasteiger charge is 2.43. The molecule has 0 spiro atoms. The SMILES string of the molecule is CCCCC1(C(=O)NC2CCCCC2)CCC1. The molecule has 2 nitrogen and oxygen atoms in total. The van der Waals surface area contributed by atoms with E-state index in [4.69, 9.17) is 0 Å². The van der Waals surface area contributed by atoms with Gasteiger partial charge in [0, 0.05) is 11.5 Å². The highest BCUT2D eigenvalue weighted by molar-refractivity contribution is 5.83. The second-order valence-electron chi connectivity index (χ2n) is 6.05. The van der Waals surface area contributed by atoms with Crippen LogP contribution in [0.3, 0.4) is 0 Å². The third-order valence-electron chi connectivity index (χ3n) is 4.74. The van der Waals surface area contributed by atoms with Crippen LogP contribution in [0.2, 0.25) is 0 Å². The van der Waals surface area contributed by atoms with E-state index >= 15 is 0 Å². The number of amides is 1. The maximum absolute atomic E-state index is 12.4. The molecule has 2 fully saturated rings. The molecule has 17 heavy (non-hydrogen) atoms. The van der Waals surface area contributed by atoms with Crippen molar-refractivity contribution in [2.45, 2.75) is 83.6 Å². The van der Waals surface area contributed by atoms with Crippen LogP contribution >= 0.6 is 0 Å². The molecule has 1 N–H and O–H groups in total. The van der Waals surface area contributed by atoms with Gasteiger partial charge in [0.1, 0.15) is 0 Å². The summed E-state index contributed by atoms with van der Waals surface area (Å²) in [6.45, 7) is 2.21. The minimum absolute atomic E-state index is 0.0352. The number of nitrogens with one attached hydrogen (secondary N) is 1. The molecule has 0 saturated heterocycles. The summed E-state index contributed by atoms with van der Waals surface area (Å²) in [5.41, 5.74) is 0.0352. The molecule has 98 valence electrons. The third-order valence-corrected chi connectivity index (χ3v) is 4.74. The normalized spacial score (nSPS) is 24.1. The fraction of sp³-hybridized carbons (Fsp3) is 0.933. The van der Waals surface area contributed by atoms with Gasteiger partial charge in [-0.05, 0) is 32.1 Å². The van der Waals surface area contributed by atoms with E-state index in [1.54, 1.807) is 0 Å². The van der Waals surface area contributed by atoms with Crippen LogP contribution in [0, 0.1) is 5.41 Å². The molecule has 0 unspecified atom stereocenters. The first-order chi connectivity index (χ1) is 8.27. The minimum atomic E-state index is 0.0352. The summed E-state index contributed by atoms with van der Waals surface area (Å²) in [6.07, 6.45) is 13.4. The van der Waals surface area contributed by atoms with E-state index in [1.807, 2.05) is 0 Å². The summed E-state index contributed by atoms with van der Waals surface area (Å²) < 4.78 is 0. The van der Waals surface area contributed by atoms with Gasteiger partial charge in [0.2, 0.25) is 5.91 Å². The molecule has 0 aromatic heterocycles. The fourth-order valence-electron chi connectivity index (χ4n) is 3.29. The maximum Gasteiger partial charge on any atom is 0.226 e. The Morgan fingerprint density at radius 2 is 1.88 bits per heavy atom. The Morgan fingerprint density at radius 1 is 1.18 bits per heavy atom. The van der Waals surface area contributed by atoms with Crippen LogP contribution in [0.15, 0.2) is 0 Å². The van der Waals surface area contributed by atoms with Gasteiger partial charge in [-0.3, -0.25) is 4.79 Å². The molecule has 2 saturated carbocycles. The van der Waals surface area contributed by atoms with Crippen LogP contribution in [-0.4, -0.2) is 11.9 Å². The third kappa shape index (κ3) is 3.02. The van der Waals surface area contributed by atoms with Crippen LogP contribution < -0.4 is 5.32 Å². The number of hydrogen-bond donors (Lipinski definition) is 1. The second kappa shape index (κ2) is 5.88. The van der Waals surface area contributed by atoms with E-state index in [9.17, 15) is 4.79 Å². The highest BCUT2D eigenvalue weighted by atomic mass is 16.2. The van der Waals surface area contributed by atoms with Crippen LogP contribution in [0.1, 0.15) is 77.6 Å². The van der Waals surface area contributed by atoms with Gasteiger partial charge in [0.05, 0.1) is 0 Å². The number of carbonyl (C=O) groups excluding carboxylic acids is 1. The predicted molar refractivity (Wildman–Crippen MR) is 70.8 cm³/mol. The fourth-order valence-corrected chi connectivity index (χ4v) is 3.29. The van der Waals surface area contributed by atoms with Crippen LogP contribution in [0.25, 0.3) is 0 Å². The molecular formula is C15H27NO. The van der Waals surface area contributed by atoms with E-state index in [2.05, 4.69) is 12.2 Å². The van der Waals surface area contributed by atoms with E-state index in [-0.39, 0.29) is 5.41 Å². The molecule has 0 aromatic rings. The summed E-state index contributed by atoms with van der Waals surface area (Å²) in [7, 11) is 0. The molecule has 2 heteroatoms. The molecule has 2 rings (SSSR count). The monoisotopic (exact) mass is 237 g/mol. The summed E-state index contributed by atoms with van der Waals surface area (Å²) >= 11 is 0. The molecule has 0 aliphatic heterocycles. The van der Waals surface area contributed by atoms with E-state index in [0.29, 0.717) is 11.9 Å². The average Bonchev–Trinajstić information content (AvgIpc) is 2.29. The summed E-state index contributed by atoms with van der Waals surface area (Å²) in [4.78, 5) is 12.4. The van der Waals surface area contributed by atoms with Crippen molar-refractivity contribution in [2.75, 3.05) is 0 Å². The number of unbranched alkanes of at least 4 members (excludes halogenated alkanes) is 1. The Morgan fingerprint density at radius 3 is 2.41 bits per heavy atom. The van der Waals surface area contributed by atoms with Crippen molar-refractivity contribution in [2.24, 2.45) is 5.41 Å². The van der Waals surface area contributed by atoms with Crippen molar-refractivity contribution in [3.63, 3.8) is 0 Å². The smallest absolute Gasteiger partial charge is 0.226 e. The Kier molecular flexibility index (Phi) is 4.47. The quantitative estimate of drug-likeness (QED) is 0.774. The lowest BCUT2D eigenvalue weighted by atomic mass is 9.65. The zero-order valence-electron chi connectivity index (χ0n) is 11.3. The first-order valence-corrected chi connectivity index (χ1v) is 7.58. The van der Waals surface area contributed by atoms with Gasteiger partial charge in [0.15, 0.2) is 0 Å². The van der Waals surface area contributed by atoms with Gasteiger partial charge >= 0.3 is 0 Å². The lowest BCUT2D eigenvalue weighted by Gasteiger charge is -2.41. The van der Waals surface area contributed by atoms with Crippen LogP contribution in [0.4, 0.5) is 0 Å². The lowest BCUT2D eigenvalue weighted by molar-refractivity contribution is -0.137. The van der Waals surface area contributed by atoms with E-state index in [0.717, 1.165) is 19.3 Å². The molecule has 2 aliphatic carbocycles. The molecule has 2 aliphatic rings. The van der Waals surface area contributed by atoms with E-state index < -0.39 is 0 Å². The summed E-state index contributed by atoms with van der Waals surface area (Å²) in [5.74, 6) is 0.379. The second-order valence-corrected chi connectivity index (χ2v) is 6.05. The Balaban J connectivity index is 1.83. The molecule has 0 atom stereocenters. The van der Waals surface area contributed by atoms with Crippen molar-refractivity contribution < 1.29 is 4.79 Å². The van der Waals surface area contributed by atoms with Gasteiger partial charge in [-0.2, -0.15) is 0 Å². The van der Waals surface area contributed by atoms with Crippen molar-refractivity contribution in [1.82, 2.24) is 5.32 Å². The van der Waals surface area contributed by atoms with Gasteiger partial charge in [-0.1, -0.05) is 45.4 Å². The number of hydrogen-bond acceptors (Lipinski definition) is 1. The lowest BCUT2D eigenvalue weighted by Crippen LogP contribution is -2.49. The van der Waals surface area contributed by atoms with Crippen LogP contribution in [-0.2, 0) is 4.79 Å². The van der Waals surface area contributed by atoms with Gasteiger partial charge in [-0.15, -0.1) is 0 Å². The molecule has 0 heterocycles. The first-order valence-electron chi connectivity index (χ1n) is 7.58. The van der Waals surface area contributed by atoms with Crippen molar-refractivity contribution in [3.8, 4) is 0 Å². The van der Waals surface area contributed by atoms with Gasteiger partial charge in [0.25, 0.3) is 0 Å². The van der Waals surface area contributed by atoms with Crippen molar-refractivity contribution >= 4 is 5.91 Å². The largest absolute Gasteiger partial charge is 0.353 e.